The monoisotopic (exact) mass is 453 g/mol. The van der Waals surface area contributed by atoms with E-state index >= 15 is 0 Å². The third-order valence-electron chi connectivity index (χ3n) is 5.85. The van der Waals surface area contributed by atoms with Gasteiger partial charge in [0.05, 0.1) is 11.5 Å². The minimum absolute atomic E-state index is 0.0507. The number of nitrogens with two attached hydrogens (primary N) is 1. The van der Waals surface area contributed by atoms with Crippen molar-refractivity contribution in [2.24, 2.45) is 5.73 Å². The predicted molar refractivity (Wildman–Crippen MR) is 134 cm³/mol. The van der Waals surface area contributed by atoms with Crippen molar-refractivity contribution in [3.8, 4) is 0 Å². The fraction of sp³-hybridized carbons (Fsp3) is 0.179. The lowest BCUT2D eigenvalue weighted by atomic mass is 9.93. The second-order valence-corrected chi connectivity index (χ2v) is 8.31. The van der Waals surface area contributed by atoms with Crippen molar-refractivity contribution < 1.29 is 14.3 Å². The lowest BCUT2D eigenvalue weighted by Crippen LogP contribution is -2.28. The Morgan fingerprint density at radius 1 is 1.00 bits per heavy atom. The van der Waals surface area contributed by atoms with Gasteiger partial charge in [-0.15, -0.1) is 0 Å². The Bertz CT molecular complexity index is 1350. The van der Waals surface area contributed by atoms with Crippen LogP contribution in [-0.2, 0) is 16.1 Å². The van der Waals surface area contributed by atoms with Crippen LogP contribution in [0.1, 0.15) is 38.5 Å². The quantitative estimate of drug-likeness (QED) is 0.389. The van der Waals surface area contributed by atoms with Crippen molar-refractivity contribution in [2.75, 3.05) is 11.9 Å². The summed E-state index contributed by atoms with van der Waals surface area (Å²) in [6, 6.07) is 20.6. The number of rotatable bonds is 7. The third-order valence-corrected chi connectivity index (χ3v) is 5.85. The molecule has 1 aromatic heterocycles. The van der Waals surface area contributed by atoms with Gasteiger partial charge in [-0.25, -0.2) is 4.79 Å². The Morgan fingerprint density at radius 2 is 1.82 bits per heavy atom. The molecule has 3 aromatic carbocycles. The van der Waals surface area contributed by atoms with E-state index in [2.05, 4.69) is 10.3 Å². The minimum atomic E-state index is -0.593. The van der Waals surface area contributed by atoms with E-state index in [1.165, 1.54) is 0 Å². The molecule has 0 aliphatic carbocycles. The highest BCUT2D eigenvalue weighted by Crippen LogP contribution is 2.24. The first kappa shape index (κ1) is 23.1. The summed E-state index contributed by atoms with van der Waals surface area (Å²) in [4.78, 5) is 29.9. The molecule has 6 heteroatoms. The molecule has 172 valence electrons. The maximum atomic E-state index is 13.2. The van der Waals surface area contributed by atoms with Crippen molar-refractivity contribution in [1.82, 2.24) is 4.98 Å². The fourth-order valence-corrected chi connectivity index (χ4v) is 4.03. The molecule has 1 unspecified atom stereocenters. The molecule has 3 N–H and O–H groups in total. The Kier molecular flexibility index (Phi) is 6.99. The molecule has 0 aliphatic heterocycles. The number of nitrogens with zero attached hydrogens (tertiary/aromatic N) is 1. The van der Waals surface area contributed by atoms with Crippen LogP contribution in [0.25, 0.3) is 10.8 Å². The number of nitrogens with one attached hydrogen (secondary N) is 1. The zero-order valence-electron chi connectivity index (χ0n) is 19.2. The second-order valence-electron chi connectivity index (χ2n) is 8.31. The summed E-state index contributed by atoms with van der Waals surface area (Å²) in [5.41, 5.74) is 10.7. The summed E-state index contributed by atoms with van der Waals surface area (Å²) in [5, 5.41) is 4.94. The fourth-order valence-electron chi connectivity index (χ4n) is 4.03. The average Bonchev–Trinajstić information content (AvgIpc) is 2.83. The summed E-state index contributed by atoms with van der Waals surface area (Å²) in [5.74, 6) is -1.21. The molecule has 1 atom stereocenters. The summed E-state index contributed by atoms with van der Waals surface area (Å²) in [7, 11) is 0. The Hall–Kier alpha value is -4.03. The van der Waals surface area contributed by atoms with Gasteiger partial charge in [-0.05, 0) is 60.2 Å². The molecular formula is C28H27N3O3. The van der Waals surface area contributed by atoms with Gasteiger partial charge >= 0.3 is 5.97 Å². The maximum Gasteiger partial charge on any atom is 0.338 e. The number of hydrogen-bond donors (Lipinski definition) is 2. The van der Waals surface area contributed by atoms with Gasteiger partial charge < -0.3 is 15.8 Å². The number of aryl methyl sites for hydroxylation is 2. The molecule has 34 heavy (non-hydrogen) atoms. The van der Waals surface area contributed by atoms with E-state index in [-0.39, 0.29) is 19.1 Å². The summed E-state index contributed by atoms with van der Waals surface area (Å²) in [6.45, 7) is 4.03. The van der Waals surface area contributed by atoms with E-state index in [0.29, 0.717) is 11.3 Å². The lowest BCUT2D eigenvalue weighted by Gasteiger charge is -2.19. The zero-order chi connectivity index (χ0) is 24.1. The zero-order valence-corrected chi connectivity index (χ0v) is 19.2. The number of aromatic nitrogens is 1. The molecule has 0 aliphatic rings. The van der Waals surface area contributed by atoms with Crippen LogP contribution >= 0.6 is 0 Å². The maximum absolute atomic E-state index is 13.2. The molecule has 1 amide bonds. The van der Waals surface area contributed by atoms with Gasteiger partial charge in [-0.1, -0.05) is 48.0 Å². The third kappa shape index (κ3) is 5.13. The molecule has 0 fully saturated rings. The van der Waals surface area contributed by atoms with E-state index in [9.17, 15) is 9.59 Å². The van der Waals surface area contributed by atoms with E-state index in [4.69, 9.17) is 10.5 Å². The number of fused-ring (bicyclic) bond motifs is 1. The smallest absolute Gasteiger partial charge is 0.338 e. The van der Waals surface area contributed by atoms with Gasteiger partial charge in [0.25, 0.3) is 0 Å². The van der Waals surface area contributed by atoms with Gasteiger partial charge in [0.15, 0.2) is 0 Å². The summed E-state index contributed by atoms with van der Waals surface area (Å²) >= 11 is 0. The lowest BCUT2D eigenvalue weighted by molar-refractivity contribution is -0.117. The van der Waals surface area contributed by atoms with E-state index in [1.807, 2.05) is 74.5 Å². The number of anilines is 1. The van der Waals surface area contributed by atoms with Gasteiger partial charge in [0.2, 0.25) is 5.91 Å². The summed E-state index contributed by atoms with van der Waals surface area (Å²) in [6.07, 6.45) is 3.49. The van der Waals surface area contributed by atoms with Gasteiger partial charge in [-0.3, -0.25) is 9.78 Å². The normalized spacial score (nSPS) is 11.7. The molecule has 0 saturated carbocycles. The van der Waals surface area contributed by atoms with Crippen LogP contribution in [0.3, 0.4) is 0 Å². The van der Waals surface area contributed by atoms with Crippen molar-refractivity contribution in [2.45, 2.75) is 26.4 Å². The number of carbonyl (C=O) groups excluding carboxylic acids is 2. The second kappa shape index (κ2) is 10.3. The van der Waals surface area contributed by atoms with E-state index < -0.39 is 11.9 Å². The highest BCUT2D eigenvalue weighted by Gasteiger charge is 2.23. The van der Waals surface area contributed by atoms with Crippen LogP contribution in [-0.4, -0.2) is 23.4 Å². The SMILES string of the molecule is Cc1ccc(C(=O)OCc2ccccc2C(CN)C(=O)Nc2ccc3cnccc3c2)c(C)c1. The number of benzene rings is 3. The largest absolute Gasteiger partial charge is 0.457 e. The van der Waals surface area contributed by atoms with Gasteiger partial charge in [-0.2, -0.15) is 0 Å². The Labute approximate surface area is 198 Å². The molecule has 4 aromatic rings. The molecule has 0 saturated heterocycles. The van der Waals surface area contributed by atoms with Gasteiger partial charge in [0.1, 0.15) is 6.61 Å². The Balaban J connectivity index is 1.50. The van der Waals surface area contributed by atoms with Crippen molar-refractivity contribution in [1.29, 1.82) is 0 Å². The molecule has 0 bridgehead atoms. The number of pyridine rings is 1. The van der Waals surface area contributed by atoms with Crippen molar-refractivity contribution >= 4 is 28.3 Å². The number of ether oxygens (including phenoxy) is 1. The standard InChI is InChI=1S/C28H27N3O3/c1-18-7-10-24(19(2)13-18)28(33)34-17-22-5-3-4-6-25(22)26(15-29)27(32)31-23-9-8-21-16-30-12-11-20(21)14-23/h3-14,16,26H,15,17,29H2,1-2H3,(H,31,32). The van der Waals surface area contributed by atoms with Crippen LogP contribution in [0.5, 0.6) is 0 Å². The Morgan fingerprint density at radius 3 is 2.62 bits per heavy atom. The minimum Gasteiger partial charge on any atom is -0.457 e. The number of hydrogen-bond acceptors (Lipinski definition) is 5. The number of amides is 1. The molecule has 0 radical (unpaired) electrons. The number of carbonyl (C=O) groups is 2. The first-order chi connectivity index (χ1) is 16.5. The predicted octanol–water partition coefficient (Wildman–Crippen LogP) is 4.89. The highest BCUT2D eigenvalue weighted by molar-refractivity contribution is 5.98. The van der Waals surface area contributed by atoms with Crippen LogP contribution in [0, 0.1) is 13.8 Å². The van der Waals surface area contributed by atoms with Crippen LogP contribution in [0.2, 0.25) is 0 Å². The molecule has 1 heterocycles. The van der Waals surface area contributed by atoms with Crippen LogP contribution in [0.4, 0.5) is 5.69 Å². The average molecular weight is 454 g/mol. The molecule has 0 spiro atoms. The molecule has 4 rings (SSSR count). The molecular weight excluding hydrogens is 426 g/mol. The van der Waals surface area contributed by atoms with Crippen LogP contribution in [0.15, 0.2) is 79.1 Å². The first-order valence-corrected chi connectivity index (χ1v) is 11.1. The molecule has 6 nitrogen and oxygen atoms in total. The van der Waals surface area contributed by atoms with Crippen molar-refractivity contribution in [3.63, 3.8) is 0 Å². The van der Waals surface area contributed by atoms with E-state index in [1.54, 1.807) is 18.5 Å². The van der Waals surface area contributed by atoms with Crippen LogP contribution < -0.4 is 11.1 Å². The summed E-state index contributed by atoms with van der Waals surface area (Å²) < 4.78 is 5.60. The van der Waals surface area contributed by atoms with E-state index in [0.717, 1.165) is 33.0 Å². The van der Waals surface area contributed by atoms with Gasteiger partial charge in [0, 0.05) is 30.0 Å². The number of esters is 1. The van der Waals surface area contributed by atoms with Crippen molar-refractivity contribution in [3.05, 3.63) is 107 Å². The highest BCUT2D eigenvalue weighted by atomic mass is 16.5. The first-order valence-electron chi connectivity index (χ1n) is 11.1. The topological polar surface area (TPSA) is 94.3 Å².